The highest BCUT2D eigenvalue weighted by molar-refractivity contribution is 7.00. The summed E-state index contributed by atoms with van der Waals surface area (Å²) < 4.78 is 6.91. The zero-order chi connectivity index (χ0) is 51.2. The van der Waals surface area contributed by atoms with Crippen LogP contribution in [0.4, 0.5) is 51.2 Å². The largest absolute Gasteiger partial charge is 0.454 e. The number of hydrogen-bond donors (Lipinski definition) is 0. The average Bonchev–Trinajstić information content (AvgIpc) is 3.80. The Balaban J connectivity index is 1.28. The molecular formula is C68H72BN3O. The molecule has 0 radical (unpaired) electrons. The topological polar surface area (TPSA) is 22.9 Å². The van der Waals surface area contributed by atoms with Gasteiger partial charge in [-0.2, -0.15) is 0 Å². The van der Waals surface area contributed by atoms with Gasteiger partial charge in [-0.1, -0.05) is 180 Å². The van der Waals surface area contributed by atoms with Crippen molar-refractivity contribution in [3.8, 4) is 0 Å². The van der Waals surface area contributed by atoms with Crippen LogP contribution in [0.25, 0.3) is 21.9 Å². The minimum atomic E-state index is -0.0441. The molecule has 0 spiro atoms. The van der Waals surface area contributed by atoms with E-state index in [-0.39, 0.29) is 28.4 Å². The van der Waals surface area contributed by atoms with E-state index in [1.165, 1.54) is 61.4 Å². The molecule has 0 bridgehead atoms. The Hall–Kier alpha value is -6.98. The summed E-state index contributed by atoms with van der Waals surface area (Å²) in [4.78, 5) is 7.60. The van der Waals surface area contributed by atoms with Crippen LogP contribution in [0.2, 0.25) is 0 Å². The lowest BCUT2D eigenvalue weighted by Crippen LogP contribution is -2.61. The molecular weight excluding hydrogens is 886 g/mol. The van der Waals surface area contributed by atoms with Crippen LogP contribution in [-0.2, 0) is 21.7 Å². The van der Waals surface area contributed by atoms with Gasteiger partial charge >= 0.3 is 0 Å². The first-order chi connectivity index (χ1) is 35.0. The fourth-order valence-corrected chi connectivity index (χ4v) is 11.4. The summed E-state index contributed by atoms with van der Waals surface area (Å²) in [7, 11) is 0. The Morgan fingerprint density at radius 3 is 1.34 bits per heavy atom. The summed E-state index contributed by atoms with van der Waals surface area (Å²) in [6.45, 7) is 28.2. The van der Waals surface area contributed by atoms with Crippen molar-refractivity contribution in [3.05, 3.63) is 192 Å². The molecule has 0 atom stereocenters. The lowest BCUT2D eigenvalue weighted by atomic mass is 9.33. The molecule has 0 aliphatic carbocycles. The van der Waals surface area contributed by atoms with Gasteiger partial charge in [0.25, 0.3) is 6.71 Å². The van der Waals surface area contributed by atoms with Crippen molar-refractivity contribution >= 4 is 96.2 Å². The van der Waals surface area contributed by atoms with Crippen molar-refractivity contribution in [2.75, 3.05) is 14.7 Å². The van der Waals surface area contributed by atoms with E-state index in [9.17, 15) is 0 Å². The first-order valence-corrected chi connectivity index (χ1v) is 27.0. The molecule has 1 aromatic heterocycles. The standard InChI is InChI=1S/C68H72BN3O/c1-13-65(5,6)45-29-35-50(36-30-45)71-57-39-33-47(67(9,10)15-3)41-55(57)69-56-42-48(68(11,12)16-4)34-40-58(56)72(51-37-31-46(32-38-51)66(7,8)14-2)61-44-52(43-60(71)63(61)69)70(49-23-18-17-19-24-49)59-27-22-26-54-53-25-20-21-28-62(53)73-64(54)59/h17-44H,13-16H2,1-12H3. The normalized spacial score (nSPS) is 13.6. The van der Waals surface area contributed by atoms with Crippen molar-refractivity contribution in [1.29, 1.82) is 0 Å². The zero-order valence-electron chi connectivity index (χ0n) is 45.3. The lowest BCUT2D eigenvalue weighted by molar-refractivity contribution is 0.506. The van der Waals surface area contributed by atoms with E-state index in [0.29, 0.717) is 0 Å². The van der Waals surface area contributed by atoms with Gasteiger partial charge in [0, 0.05) is 50.6 Å². The van der Waals surface area contributed by atoms with Crippen LogP contribution < -0.4 is 31.1 Å². The Labute approximate surface area is 435 Å². The fraction of sp³-hybridized carbons (Fsp3) is 0.294. The molecule has 3 heterocycles. The number of benzene rings is 8. The predicted octanol–water partition coefficient (Wildman–Crippen LogP) is 17.9. The Bertz CT molecular complexity index is 3370. The third-order valence-electron chi connectivity index (χ3n) is 17.9. The molecule has 0 saturated heterocycles. The average molecular weight is 958 g/mol. The molecule has 9 aromatic rings. The van der Waals surface area contributed by atoms with Gasteiger partial charge in [-0.25, -0.2) is 0 Å². The van der Waals surface area contributed by atoms with E-state index in [1.807, 2.05) is 0 Å². The number of nitrogens with zero attached hydrogens (tertiary/aromatic N) is 3. The summed E-state index contributed by atoms with van der Waals surface area (Å²) in [5.74, 6) is 0. The van der Waals surface area contributed by atoms with Crippen molar-refractivity contribution in [3.63, 3.8) is 0 Å². The van der Waals surface area contributed by atoms with Gasteiger partial charge in [0.2, 0.25) is 0 Å². The number of hydrogen-bond acceptors (Lipinski definition) is 4. The number of furan rings is 1. The number of fused-ring (bicyclic) bond motifs is 7. The maximum atomic E-state index is 6.91. The van der Waals surface area contributed by atoms with E-state index in [2.05, 4.69) is 268 Å². The second-order valence-electron chi connectivity index (χ2n) is 23.5. The monoisotopic (exact) mass is 958 g/mol. The summed E-state index contributed by atoms with van der Waals surface area (Å²) in [6, 6.07) is 64.6. The third-order valence-corrected chi connectivity index (χ3v) is 17.9. The van der Waals surface area contributed by atoms with Gasteiger partial charge in [0.05, 0.1) is 11.4 Å². The van der Waals surface area contributed by atoms with Gasteiger partial charge in [0.1, 0.15) is 5.58 Å². The van der Waals surface area contributed by atoms with Gasteiger partial charge in [-0.3, -0.25) is 0 Å². The molecule has 0 fully saturated rings. The van der Waals surface area contributed by atoms with E-state index in [1.54, 1.807) is 0 Å². The first-order valence-electron chi connectivity index (χ1n) is 27.0. The minimum Gasteiger partial charge on any atom is -0.454 e. The van der Waals surface area contributed by atoms with Crippen molar-refractivity contribution in [2.45, 2.75) is 130 Å². The molecule has 4 nitrogen and oxygen atoms in total. The summed E-state index contributed by atoms with van der Waals surface area (Å²) in [6.07, 6.45) is 4.19. The van der Waals surface area contributed by atoms with Crippen LogP contribution in [-0.4, -0.2) is 6.71 Å². The number of anilines is 9. The molecule has 0 N–H and O–H groups in total. The molecule has 2 aliphatic heterocycles. The summed E-state index contributed by atoms with van der Waals surface area (Å²) >= 11 is 0. The lowest BCUT2D eigenvalue weighted by Gasteiger charge is -2.46. The Morgan fingerprint density at radius 1 is 0.411 bits per heavy atom. The zero-order valence-corrected chi connectivity index (χ0v) is 45.3. The number of rotatable bonds is 13. The summed E-state index contributed by atoms with van der Waals surface area (Å²) in [5, 5.41) is 2.21. The van der Waals surface area contributed by atoms with Gasteiger partial charge < -0.3 is 19.1 Å². The number of para-hydroxylation sites is 3. The minimum absolute atomic E-state index is 0.0162. The van der Waals surface area contributed by atoms with Crippen LogP contribution in [0.3, 0.4) is 0 Å². The molecule has 2 aliphatic rings. The Morgan fingerprint density at radius 2 is 0.849 bits per heavy atom. The van der Waals surface area contributed by atoms with Gasteiger partial charge in [0.15, 0.2) is 5.58 Å². The van der Waals surface area contributed by atoms with Crippen LogP contribution in [0.15, 0.2) is 174 Å². The van der Waals surface area contributed by atoms with Crippen molar-refractivity contribution < 1.29 is 4.42 Å². The molecule has 368 valence electrons. The maximum Gasteiger partial charge on any atom is 0.252 e. The second-order valence-corrected chi connectivity index (χ2v) is 23.5. The van der Waals surface area contributed by atoms with Crippen molar-refractivity contribution in [2.24, 2.45) is 0 Å². The highest BCUT2D eigenvalue weighted by atomic mass is 16.3. The van der Waals surface area contributed by atoms with Crippen LogP contribution in [0, 0.1) is 0 Å². The second kappa shape index (κ2) is 17.9. The van der Waals surface area contributed by atoms with E-state index in [4.69, 9.17) is 4.42 Å². The smallest absolute Gasteiger partial charge is 0.252 e. The summed E-state index contributed by atoms with van der Waals surface area (Å²) in [5.41, 5.74) is 21.4. The van der Waals surface area contributed by atoms with Crippen molar-refractivity contribution in [1.82, 2.24) is 0 Å². The quantitative estimate of drug-likeness (QED) is 0.107. The third kappa shape index (κ3) is 7.97. The maximum absolute atomic E-state index is 6.91. The molecule has 0 unspecified atom stereocenters. The van der Waals surface area contributed by atoms with Crippen LogP contribution in [0.1, 0.15) is 131 Å². The molecule has 11 rings (SSSR count). The van der Waals surface area contributed by atoms with Gasteiger partial charge in [-0.15, -0.1) is 0 Å². The highest BCUT2D eigenvalue weighted by Crippen LogP contribution is 2.51. The van der Waals surface area contributed by atoms with Crippen LogP contribution in [0.5, 0.6) is 0 Å². The first kappa shape index (κ1) is 48.3. The molecule has 73 heavy (non-hydrogen) atoms. The van der Waals surface area contributed by atoms with E-state index >= 15 is 0 Å². The van der Waals surface area contributed by atoms with Crippen LogP contribution >= 0.6 is 0 Å². The van der Waals surface area contributed by atoms with E-state index < -0.39 is 0 Å². The van der Waals surface area contributed by atoms with E-state index in [0.717, 1.165) is 76.1 Å². The van der Waals surface area contributed by atoms with Gasteiger partial charge in [-0.05, 0) is 159 Å². The molecule has 0 saturated carbocycles. The Kier molecular flexibility index (Phi) is 11.8. The molecule has 5 heteroatoms. The molecule has 8 aromatic carbocycles. The highest BCUT2D eigenvalue weighted by Gasteiger charge is 2.45. The molecule has 0 amide bonds. The predicted molar refractivity (Wildman–Crippen MR) is 316 cm³/mol. The fourth-order valence-electron chi connectivity index (χ4n) is 11.4. The SMILES string of the molecule is CCC(C)(C)c1ccc(N2c3ccc(C(C)(C)CC)cc3B3c4cc(C(C)(C)CC)ccc4N(c4ccc(C(C)(C)CC)cc4)c4cc(N(c5ccccc5)c5cccc6c5oc5ccccc56)cc2c43)cc1.